The molecule has 0 atom stereocenters. The first-order valence-corrected chi connectivity index (χ1v) is 8.78. The van der Waals surface area contributed by atoms with Crippen LogP contribution in [0.2, 0.25) is 0 Å². The molecule has 2 N–H and O–H groups in total. The number of amides is 1. The smallest absolute Gasteiger partial charge is 0.251 e. The molecule has 0 aliphatic heterocycles. The fourth-order valence-electron chi connectivity index (χ4n) is 2.28. The number of nitrogens with zero attached hydrogens (tertiary/aromatic N) is 1. The Morgan fingerprint density at radius 1 is 1.29 bits per heavy atom. The number of aromatic nitrogens is 1. The molecule has 1 heterocycles. The zero-order valence-electron chi connectivity index (χ0n) is 13.7. The summed E-state index contributed by atoms with van der Waals surface area (Å²) < 4.78 is 0.127. The summed E-state index contributed by atoms with van der Waals surface area (Å²) >= 11 is 1.83. The molecule has 0 spiro atoms. The van der Waals surface area contributed by atoms with E-state index < -0.39 is 0 Å². The third-order valence-electron chi connectivity index (χ3n) is 3.87. The Bertz CT molecular complexity index is 464. The molecule has 0 unspecified atom stereocenters. The highest BCUT2D eigenvalue weighted by molar-refractivity contribution is 8.00. The van der Waals surface area contributed by atoms with Gasteiger partial charge in [0.2, 0.25) is 0 Å². The predicted octanol–water partition coefficient (Wildman–Crippen LogP) is 3.47. The summed E-state index contributed by atoms with van der Waals surface area (Å²) in [6.45, 7) is 9.75. The lowest BCUT2D eigenvalue weighted by molar-refractivity contribution is 0.0948. The van der Waals surface area contributed by atoms with E-state index in [0.717, 1.165) is 30.9 Å². The van der Waals surface area contributed by atoms with Crippen LogP contribution < -0.4 is 10.6 Å². The van der Waals surface area contributed by atoms with Crippen molar-refractivity contribution in [3.8, 4) is 0 Å². The van der Waals surface area contributed by atoms with Crippen LogP contribution in [0.1, 0.15) is 49.7 Å². The molecule has 21 heavy (non-hydrogen) atoms. The Morgan fingerprint density at radius 3 is 2.48 bits per heavy atom. The van der Waals surface area contributed by atoms with Crippen LogP contribution in [0.15, 0.2) is 12.1 Å². The quantitative estimate of drug-likeness (QED) is 0.772. The molecule has 0 radical (unpaired) electrons. The second-order valence-electron chi connectivity index (χ2n) is 5.19. The summed E-state index contributed by atoms with van der Waals surface area (Å²) in [7, 11) is 0. The highest BCUT2D eigenvalue weighted by Gasteiger charge is 2.25. The van der Waals surface area contributed by atoms with Gasteiger partial charge >= 0.3 is 0 Å². The normalized spacial score (nSPS) is 11.3. The van der Waals surface area contributed by atoms with E-state index in [1.807, 2.05) is 37.7 Å². The lowest BCUT2D eigenvalue weighted by Crippen LogP contribution is -2.39. The zero-order chi connectivity index (χ0) is 15.9. The van der Waals surface area contributed by atoms with Crippen LogP contribution in [-0.2, 0) is 0 Å². The summed E-state index contributed by atoms with van der Waals surface area (Å²) in [6, 6.07) is 3.64. The van der Waals surface area contributed by atoms with Crippen molar-refractivity contribution >= 4 is 23.5 Å². The Balaban J connectivity index is 2.80. The van der Waals surface area contributed by atoms with Gasteiger partial charge in [-0.25, -0.2) is 4.98 Å². The van der Waals surface area contributed by atoms with Crippen molar-refractivity contribution in [2.75, 3.05) is 24.7 Å². The molecule has 118 valence electrons. The number of hydrogen-bond donors (Lipinski definition) is 2. The molecule has 1 rings (SSSR count). The van der Waals surface area contributed by atoms with Gasteiger partial charge in [0.15, 0.2) is 0 Å². The minimum atomic E-state index is -0.0278. The lowest BCUT2D eigenvalue weighted by atomic mass is 10.0. The minimum absolute atomic E-state index is 0.0278. The minimum Gasteiger partial charge on any atom is -0.370 e. The predicted molar refractivity (Wildman–Crippen MR) is 92.3 cm³/mol. The molecule has 0 fully saturated rings. The highest BCUT2D eigenvalue weighted by Crippen LogP contribution is 2.29. The van der Waals surface area contributed by atoms with Gasteiger partial charge in [-0.1, -0.05) is 13.8 Å². The first kappa shape index (κ1) is 17.8. The number of carbonyl (C=O) groups is 1. The van der Waals surface area contributed by atoms with Crippen molar-refractivity contribution in [2.24, 2.45) is 0 Å². The van der Waals surface area contributed by atoms with E-state index in [1.54, 1.807) is 0 Å². The molecular formula is C16H27N3OS. The van der Waals surface area contributed by atoms with Crippen molar-refractivity contribution in [3.05, 3.63) is 23.4 Å². The molecule has 1 aromatic heterocycles. The number of pyridine rings is 1. The van der Waals surface area contributed by atoms with Gasteiger partial charge in [0.25, 0.3) is 5.91 Å². The van der Waals surface area contributed by atoms with Crippen LogP contribution in [0.4, 0.5) is 5.82 Å². The highest BCUT2D eigenvalue weighted by atomic mass is 32.2. The second-order valence-corrected chi connectivity index (χ2v) is 6.46. The van der Waals surface area contributed by atoms with Crippen LogP contribution in [-0.4, -0.2) is 35.0 Å². The SMILES string of the molecule is CCNc1cc(C(=O)NCC(CC)(CC)SC)cc(C)n1. The van der Waals surface area contributed by atoms with E-state index in [4.69, 9.17) is 0 Å². The van der Waals surface area contributed by atoms with Crippen LogP contribution in [0, 0.1) is 6.92 Å². The van der Waals surface area contributed by atoms with Gasteiger partial charge < -0.3 is 10.6 Å². The Labute approximate surface area is 132 Å². The molecule has 0 aliphatic carbocycles. The van der Waals surface area contributed by atoms with Gasteiger partial charge in [-0.2, -0.15) is 11.8 Å². The first-order valence-electron chi connectivity index (χ1n) is 7.56. The first-order chi connectivity index (χ1) is 10.00. The average Bonchev–Trinajstić information content (AvgIpc) is 2.48. The van der Waals surface area contributed by atoms with E-state index in [9.17, 15) is 4.79 Å². The number of carbonyl (C=O) groups excluding carboxylic acids is 1. The third kappa shape index (κ3) is 4.92. The monoisotopic (exact) mass is 309 g/mol. The molecule has 0 aromatic carbocycles. The molecule has 0 bridgehead atoms. The molecule has 1 amide bonds. The number of aryl methyl sites for hydroxylation is 1. The lowest BCUT2D eigenvalue weighted by Gasteiger charge is -2.29. The summed E-state index contributed by atoms with van der Waals surface area (Å²) in [6.07, 6.45) is 4.20. The maximum Gasteiger partial charge on any atom is 0.251 e. The molecule has 1 aromatic rings. The van der Waals surface area contributed by atoms with Crippen molar-refractivity contribution in [2.45, 2.75) is 45.3 Å². The van der Waals surface area contributed by atoms with Gasteiger partial charge in [-0.05, 0) is 45.1 Å². The number of rotatable bonds is 8. The third-order valence-corrected chi connectivity index (χ3v) is 5.45. The topological polar surface area (TPSA) is 54.0 Å². The second kappa shape index (κ2) is 8.27. The summed E-state index contributed by atoms with van der Waals surface area (Å²) in [5.74, 6) is 0.727. The van der Waals surface area contributed by atoms with Gasteiger partial charge in [0.05, 0.1) is 0 Å². The van der Waals surface area contributed by atoms with Crippen molar-refractivity contribution in [3.63, 3.8) is 0 Å². The van der Waals surface area contributed by atoms with E-state index in [-0.39, 0.29) is 10.7 Å². The molecule has 0 aliphatic rings. The van der Waals surface area contributed by atoms with E-state index in [2.05, 4.69) is 35.7 Å². The summed E-state index contributed by atoms with van der Waals surface area (Å²) in [5.41, 5.74) is 1.52. The van der Waals surface area contributed by atoms with Crippen LogP contribution in [0.3, 0.4) is 0 Å². The molecule has 4 nitrogen and oxygen atoms in total. The molecule has 5 heteroatoms. The Hall–Kier alpha value is -1.23. The number of anilines is 1. The summed E-state index contributed by atoms with van der Waals surface area (Å²) in [5, 5.41) is 6.23. The van der Waals surface area contributed by atoms with Gasteiger partial charge in [0, 0.05) is 29.1 Å². The fraction of sp³-hybridized carbons (Fsp3) is 0.625. The van der Waals surface area contributed by atoms with Crippen LogP contribution >= 0.6 is 11.8 Å². The van der Waals surface area contributed by atoms with Crippen LogP contribution in [0.25, 0.3) is 0 Å². The van der Waals surface area contributed by atoms with Gasteiger partial charge in [-0.15, -0.1) is 0 Å². The van der Waals surface area contributed by atoms with E-state index in [0.29, 0.717) is 12.1 Å². The number of thioether (sulfide) groups is 1. The maximum absolute atomic E-state index is 12.4. The van der Waals surface area contributed by atoms with Gasteiger partial charge in [-0.3, -0.25) is 4.79 Å². The average molecular weight is 309 g/mol. The largest absolute Gasteiger partial charge is 0.370 e. The van der Waals surface area contributed by atoms with Crippen molar-refractivity contribution in [1.82, 2.24) is 10.3 Å². The summed E-state index contributed by atoms with van der Waals surface area (Å²) in [4.78, 5) is 16.7. The Morgan fingerprint density at radius 2 is 1.95 bits per heavy atom. The molecule has 0 saturated carbocycles. The Kier molecular flexibility index (Phi) is 7.02. The molecule has 0 saturated heterocycles. The number of hydrogen-bond acceptors (Lipinski definition) is 4. The zero-order valence-corrected chi connectivity index (χ0v) is 14.6. The van der Waals surface area contributed by atoms with Crippen molar-refractivity contribution in [1.29, 1.82) is 0 Å². The molecular weight excluding hydrogens is 282 g/mol. The van der Waals surface area contributed by atoms with Crippen molar-refractivity contribution < 1.29 is 4.79 Å². The number of nitrogens with one attached hydrogen (secondary N) is 2. The maximum atomic E-state index is 12.4. The van der Waals surface area contributed by atoms with Crippen LogP contribution in [0.5, 0.6) is 0 Å². The standard InChI is InChI=1S/C16H27N3OS/c1-6-16(7-2,21-5)11-18-15(20)13-9-12(4)19-14(10-13)17-8-3/h9-10H,6-8,11H2,1-5H3,(H,17,19)(H,18,20). The van der Waals surface area contributed by atoms with Gasteiger partial charge in [0.1, 0.15) is 5.82 Å². The van der Waals surface area contributed by atoms with E-state index in [1.165, 1.54) is 0 Å². The fourth-order valence-corrected chi connectivity index (χ4v) is 3.07. The van der Waals surface area contributed by atoms with E-state index >= 15 is 0 Å².